The van der Waals surface area contributed by atoms with Gasteiger partial charge in [-0.2, -0.15) is 0 Å². The molecule has 0 bridgehead atoms. The van der Waals surface area contributed by atoms with E-state index in [-0.39, 0.29) is 0 Å². The number of halogens is 1. The first kappa shape index (κ1) is 54.5. The molecular formula is C84H54BBrO4. The second kappa shape index (κ2) is 23.0. The Balaban J connectivity index is 0.000000118. The fourth-order valence-electron chi connectivity index (χ4n) is 13.5. The van der Waals surface area contributed by atoms with Crippen LogP contribution < -0.4 is 5.46 Å². The predicted molar refractivity (Wildman–Crippen MR) is 384 cm³/mol. The minimum atomic E-state index is -1.52. The van der Waals surface area contributed by atoms with Gasteiger partial charge in [0.2, 0.25) is 0 Å². The van der Waals surface area contributed by atoms with E-state index in [0.29, 0.717) is 5.46 Å². The molecule has 2 aromatic heterocycles. The summed E-state index contributed by atoms with van der Waals surface area (Å²) in [6.07, 6.45) is 0. The lowest BCUT2D eigenvalue weighted by Gasteiger charge is -2.18. The molecule has 90 heavy (non-hydrogen) atoms. The highest BCUT2D eigenvalue weighted by atomic mass is 79.9. The third kappa shape index (κ3) is 9.85. The number of rotatable bonds is 6. The molecular weight excluding hydrogens is 1160 g/mol. The van der Waals surface area contributed by atoms with E-state index in [9.17, 15) is 10.0 Å². The molecule has 16 aromatic carbocycles. The van der Waals surface area contributed by atoms with Crippen molar-refractivity contribution in [1.29, 1.82) is 0 Å². The van der Waals surface area contributed by atoms with Gasteiger partial charge >= 0.3 is 7.12 Å². The Labute approximate surface area is 528 Å². The topological polar surface area (TPSA) is 66.7 Å². The number of furan rings is 2. The molecule has 18 rings (SSSR count). The van der Waals surface area contributed by atoms with Gasteiger partial charge in [0.1, 0.15) is 22.3 Å². The molecule has 2 N–H and O–H groups in total. The van der Waals surface area contributed by atoms with E-state index in [4.69, 9.17) is 8.83 Å². The van der Waals surface area contributed by atoms with E-state index in [2.05, 4.69) is 246 Å². The van der Waals surface area contributed by atoms with E-state index < -0.39 is 7.12 Å². The first-order valence-electron chi connectivity index (χ1n) is 30.3. The molecule has 0 radical (unpaired) electrons. The van der Waals surface area contributed by atoms with Gasteiger partial charge in [-0.25, -0.2) is 0 Å². The van der Waals surface area contributed by atoms with E-state index in [1.807, 2.05) is 84.9 Å². The lowest BCUT2D eigenvalue weighted by atomic mass is 9.72. The maximum atomic E-state index is 10.1. The SMILES string of the molecule is Brc1ccc(-c2ccc3oc4ccccc4c3c2)cc1.OB(O)c1c2ccccc2c(-c2ccc3ccccc3c2)c2ccccc12.c1ccc2cc(-c3c4ccccc4c(-c4ccc(-c5ccc6oc7ccccc7c6c5)cc4)c4ccccc34)ccc2c1. The van der Waals surface area contributed by atoms with Crippen molar-refractivity contribution in [3.05, 3.63) is 320 Å². The summed E-state index contributed by atoms with van der Waals surface area (Å²) in [6.45, 7) is 0. The minimum Gasteiger partial charge on any atom is -0.456 e. The molecule has 424 valence electrons. The van der Waals surface area contributed by atoms with Gasteiger partial charge in [-0.15, -0.1) is 0 Å². The summed E-state index contributed by atoms with van der Waals surface area (Å²) < 4.78 is 13.0. The summed E-state index contributed by atoms with van der Waals surface area (Å²) in [6, 6.07) is 111. The maximum absolute atomic E-state index is 10.1. The zero-order valence-electron chi connectivity index (χ0n) is 48.7. The standard InChI is InChI=1S/C42H26O.C24H17BO2.C18H11BrO/c1-2-10-30-25-32(22-19-27(30)9-1)42-36-14-5-3-12-34(36)41(35-13-4-6-15-37(35)42)29-20-17-28(18-21-29)31-23-24-40-38(26-31)33-11-7-8-16-39(33)43-40;26-25(27)24-21-11-5-3-9-19(21)23(20-10-4-6-12-22(20)24)18-14-13-16-7-1-2-8-17(16)15-18;19-14-8-5-12(6-9-14)13-7-10-18-16(11-13)15-3-1-2-4-17(15)20-18/h1-26H;1-15,26-27H;1-11H. The van der Waals surface area contributed by atoms with Crippen molar-refractivity contribution in [2.75, 3.05) is 0 Å². The molecule has 0 saturated carbocycles. The van der Waals surface area contributed by atoms with Gasteiger partial charge in [0.15, 0.2) is 0 Å². The molecule has 0 unspecified atom stereocenters. The fourth-order valence-corrected chi connectivity index (χ4v) is 13.7. The van der Waals surface area contributed by atoms with Crippen molar-refractivity contribution in [3.63, 3.8) is 0 Å². The Hall–Kier alpha value is -10.9. The molecule has 0 aliphatic rings. The molecule has 2 heterocycles. The van der Waals surface area contributed by atoms with Crippen LogP contribution in [0, 0.1) is 0 Å². The third-order valence-corrected chi connectivity index (χ3v) is 18.2. The van der Waals surface area contributed by atoms with Crippen LogP contribution in [0.2, 0.25) is 0 Å². The molecule has 6 heteroatoms. The largest absolute Gasteiger partial charge is 0.489 e. The van der Waals surface area contributed by atoms with E-state index in [1.165, 1.54) is 98.4 Å². The quantitative estimate of drug-likeness (QED) is 0.129. The smallest absolute Gasteiger partial charge is 0.456 e. The van der Waals surface area contributed by atoms with Gasteiger partial charge < -0.3 is 18.9 Å². The number of para-hydroxylation sites is 2. The summed E-state index contributed by atoms with van der Waals surface area (Å²) in [5.74, 6) is 0. The van der Waals surface area contributed by atoms with Gasteiger partial charge in [0.25, 0.3) is 0 Å². The van der Waals surface area contributed by atoms with Crippen LogP contribution in [0.4, 0.5) is 0 Å². The Kier molecular flexibility index (Phi) is 13.9. The van der Waals surface area contributed by atoms with Gasteiger partial charge in [0, 0.05) is 26.0 Å². The lowest BCUT2D eigenvalue weighted by Crippen LogP contribution is -2.31. The van der Waals surface area contributed by atoms with Crippen LogP contribution in [0.15, 0.2) is 329 Å². The van der Waals surface area contributed by atoms with Gasteiger partial charge in [-0.3, -0.25) is 0 Å². The monoisotopic (exact) mass is 1220 g/mol. The van der Waals surface area contributed by atoms with Gasteiger partial charge in [-0.1, -0.05) is 271 Å². The van der Waals surface area contributed by atoms with Crippen molar-refractivity contribution in [2.24, 2.45) is 0 Å². The predicted octanol–water partition coefficient (Wildman–Crippen LogP) is 22.6. The molecule has 4 nitrogen and oxygen atoms in total. The van der Waals surface area contributed by atoms with Gasteiger partial charge in [0.05, 0.1) is 0 Å². The fraction of sp³-hybridized carbons (Fsp3) is 0. The molecule has 0 saturated heterocycles. The second-order valence-electron chi connectivity index (χ2n) is 22.9. The van der Waals surface area contributed by atoms with Crippen molar-refractivity contribution < 1.29 is 18.9 Å². The molecule has 0 atom stereocenters. The van der Waals surface area contributed by atoms with Crippen molar-refractivity contribution in [1.82, 2.24) is 0 Å². The highest BCUT2D eigenvalue weighted by Crippen LogP contribution is 2.45. The summed E-state index contributed by atoms with van der Waals surface area (Å²) in [7, 11) is -1.52. The van der Waals surface area contributed by atoms with Crippen LogP contribution in [-0.4, -0.2) is 17.2 Å². The Bertz CT molecular complexity index is 5670. The average molecular weight is 1220 g/mol. The number of fused-ring (bicyclic) bond motifs is 12. The summed E-state index contributed by atoms with van der Waals surface area (Å²) in [5, 5.41) is 38.6. The van der Waals surface area contributed by atoms with Crippen LogP contribution in [0.3, 0.4) is 0 Å². The molecule has 0 amide bonds. The van der Waals surface area contributed by atoms with Crippen molar-refractivity contribution in [2.45, 2.75) is 0 Å². The third-order valence-electron chi connectivity index (χ3n) is 17.7. The summed E-state index contributed by atoms with van der Waals surface area (Å²) in [4.78, 5) is 0. The van der Waals surface area contributed by atoms with E-state index in [0.717, 1.165) is 70.2 Å². The van der Waals surface area contributed by atoms with Crippen molar-refractivity contribution in [3.8, 4) is 55.6 Å². The zero-order valence-corrected chi connectivity index (χ0v) is 50.3. The number of hydrogen-bond donors (Lipinski definition) is 2. The molecule has 0 spiro atoms. The van der Waals surface area contributed by atoms with Crippen LogP contribution >= 0.6 is 15.9 Å². The lowest BCUT2D eigenvalue weighted by molar-refractivity contribution is 0.426. The molecule has 18 aromatic rings. The second-order valence-corrected chi connectivity index (χ2v) is 23.8. The zero-order chi connectivity index (χ0) is 60.2. The Morgan fingerprint density at radius 1 is 0.222 bits per heavy atom. The number of hydrogen-bond acceptors (Lipinski definition) is 4. The minimum absolute atomic E-state index is 0.561. The van der Waals surface area contributed by atoms with Crippen LogP contribution in [0.25, 0.3) is 164 Å². The summed E-state index contributed by atoms with van der Waals surface area (Å²) in [5.41, 5.74) is 16.4. The Morgan fingerprint density at radius 2 is 0.511 bits per heavy atom. The van der Waals surface area contributed by atoms with Crippen LogP contribution in [0.5, 0.6) is 0 Å². The van der Waals surface area contributed by atoms with Crippen LogP contribution in [-0.2, 0) is 0 Å². The molecule has 0 fully saturated rings. The number of benzene rings is 16. The molecule has 0 aliphatic heterocycles. The van der Waals surface area contributed by atoms with Crippen molar-refractivity contribution >= 4 is 137 Å². The summed E-state index contributed by atoms with van der Waals surface area (Å²) >= 11 is 3.47. The first-order chi connectivity index (χ1) is 44.4. The maximum Gasteiger partial charge on any atom is 0.489 e. The average Bonchev–Trinajstić information content (AvgIpc) is 1.08. The van der Waals surface area contributed by atoms with E-state index >= 15 is 0 Å². The van der Waals surface area contributed by atoms with Gasteiger partial charge in [-0.05, 0) is 186 Å². The van der Waals surface area contributed by atoms with E-state index in [1.54, 1.807) is 0 Å². The highest BCUT2D eigenvalue weighted by Gasteiger charge is 2.23. The molecule has 0 aliphatic carbocycles. The highest BCUT2D eigenvalue weighted by molar-refractivity contribution is 9.10. The Morgan fingerprint density at radius 3 is 0.922 bits per heavy atom. The first-order valence-corrected chi connectivity index (χ1v) is 31.1. The van der Waals surface area contributed by atoms with Crippen LogP contribution in [0.1, 0.15) is 0 Å². The normalized spacial score (nSPS) is 11.5.